The molecule has 0 aliphatic heterocycles. The quantitative estimate of drug-likeness (QED) is 0.644. The van der Waals surface area contributed by atoms with Crippen molar-refractivity contribution in [2.24, 2.45) is 0 Å². The minimum Gasteiger partial charge on any atom is -0.397 e. The van der Waals surface area contributed by atoms with Gasteiger partial charge in [-0.25, -0.2) is 0 Å². The fourth-order valence-electron chi connectivity index (χ4n) is 2.01. The SMILES string of the molecule is CC(C)N(CCCO)CCC(=O)Nc1ccc(Cl)cc1N. The molecule has 1 rings (SSSR count). The fraction of sp³-hybridized carbons (Fsp3) is 0.533. The second-order valence-electron chi connectivity index (χ2n) is 5.24. The van der Waals surface area contributed by atoms with Gasteiger partial charge in [-0.3, -0.25) is 4.79 Å². The second kappa shape index (κ2) is 8.87. The summed E-state index contributed by atoms with van der Waals surface area (Å²) in [5.41, 5.74) is 6.84. The number of halogens is 1. The van der Waals surface area contributed by atoms with E-state index in [1.54, 1.807) is 18.2 Å². The highest BCUT2D eigenvalue weighted by Gasteiger charge is 2.12. The van der Waals surface area contributed by atoms with E-state index in [4.69, 9.17) is 22.4 Å². The number of carbonyl (C=O) groups is 1. The molecule has 0 aliphatic carbocycles. The number of nitrogens with zero attached hydrogens (tertiary/aromatic N) is 1. The lowest BCUT2D eigenvalue weighted by atomic mass is 10.2. The van der Waals surface area contributed by atoms with E-state index in [0.717, 1.165) is 6.54 Å². The van der Waals surface area contributed by atoms with Crippen LogP contribution in [0.15, 0.2) is 18.2 Å². The molecule has 0 heterocycles. The molecule has 0 bridgehead atoms. The number of nitrogens with one attached hydrogen (secondary N) is 1. The van der Waals surface area contributed by atoms with Gasteiger partial charge in [0.1, 0.15) is 0 Å². The van der Waals surface area contributed by atoms with Gasteiger partial charge >= 0.3 is 0 Å². The normalized spacial score (nSPS) is 11.1. The summed E-state index contributed by atoms with van der Waals surface area (Å²) in [7, 11) is 0. The molecule has 4 N–H and O–H groups in total. The second-order valence-corrected chi connectivity index (χ2v) is 5.67. The fourth-order valence-corrected chi connectivity index (χ4v) is 2.19. The van der Waals surface area contributed by atoms with E-state index in [-0.39, 0.29) is 12.5 Å². The molecule has 6 heteroatoms. The van der Waals surface area contributed by atoms with Gasteiger partial charge in [0.15, 0.2) is 0 Å². The average molecular weight is 314 g/mol. The van der Waals surface area contributed by atoms with E-state index in [1.165, 1.54) is 0 Å². The molecule has 0 aliphatic rings. The maximum Gasteiger partial charge on any atom is 0.225 e. The number of amides is 1. The lowest BCUT2D eigenvalue weighted by Gasteiger charge is -2.25. The standard InChI is InChI=1S/C15H24ClN3O2/c1-11(2)19(7-3-9-20)8-6-15(21)18-14-5-4-12(16)10-13(14)17/h4-5,10-11,20H,3,6-9,17H2,1-2H3,(H,18,21). The number of rotatable bonds is 8. The van der Waals surface area contributed by atoms with E-state index in [1.807, 2.05) is 0 Å². The minimum absolute atomic E-state index is 0.0846. The molecular formula is C15H24ClN3O2. The molecule has 0 spiro atoms. The van der Waals surface area contributed by atoms with E-state index in [9.17, 15) is 4.79 Å². The van der Waals surface area contributed by atoms with Crippen LogP contribution in [0.5, 0.6) is 0 Å². The Morgan fingerprint density at radius 3 is 2.71 bits per heavy atom. The summed E-state index contributed by atoms with van der Waals surface area (Å²) in [4.78, 5) is 14.1. The first-order valence-electron chi connectivity index (χ1n) is 7.13. The lowest BCUT2D eigenvalue weighted by Crippen LogP contribution is -2.35. The third-order valence-corrected chi connectivity index (χ3v) is 3.48. The van der Waals surface area contributed by atoms with Crippen molar-refractivity contribution in [1.82, 2.24) is 4.90 Å². The summed E-state index contributed by atoms with van der Waals surface area (Å²) >= 11 is 5.82. The summed E-state index contributed by atoms with van der Waals surface area (Å²) in [5, 5.41) is 12.2. The zero-order valence-corrected chi connectivity index (χ0v) is 13.4. The van der Waals surface area contributed by atoms with Crippen molar-refractivity contribution in [2.75, 3.05) is 30.7 Å². The van der Waals surface area contributed by atoms with E-state index >= 15 is 0 Å². The number of hydrogen-bond acceptors (Lipinski definition) is 4. The number of hydrogen-bond donors (Lipinski definition) is 3. The Balaban J connectivity index is 2.49. The van der Waals surface area contributed by atoms with Gasteiger partial charge < -0.3 is 21.1 Å². The Morgan fingerprint density at radius 1 is 1.43 bits per heavy atom. The Bertz CT molecular complexity index is 466. The molecule has 0 atom stereocenters. The molecule has 1 aromatic rings. The molecular weight excluding hydrogens is 290 g/mol. The van der Waals surface area contributed by atoms with Gasteiger partial charge in [-0.1, -0.05) is 11.6 Å². The number of carbonyl (C=O) groups excluding carboxylic acids is 1. The molecule has 1 aromatic carbocycles. The van der Waals surface area contributed by atoms with Crippen molar-refractivity contribution >= 4 is 28.9 Å². The van der Waals surface area contributed by atoms with Crippen LogP contribution in [0.3, 0.4) is 0 Å². The van der Waals surface area contributed by atoms with Gasteiger partial charge in [0.05, 0.1) is 11.4 Å². The summed E-state index contributed by atoms with van der Waals surface area (Å²) in [5.74, 6) is -0.0846. The topological polar surface area (TPSA) is 78.6 Å². The van der Waals surface area contributed by atoms with Gasteiger partial charge in [0, 0.05) is 37.2 Å². The molecule has 0 fully saturated rings. The molecule has 1 amide bonds. The summed E-state index contributed by atoms with van der Waals surface area (Å²) < 4.78 is 0. The maximum atomic E-state index is 12.0. The maximum absolute atomic E-state index is 12.0. The monoisotopic (exact) mass is 313 g/mol. The third kappa shape index (κ3) is 6.33. The summed E-state index contributed by atoms with van der Waals surface area (Å²) in [6, 6.07) is 5.33. The molecule has 0 saturated heterocycles. The first-order chi connectivity index (χ1) is 9.93. The zero-order chi connectivity index (χ0) is 15.8. The predicted molar refractivity (Wildman–Crippen MR) is 87.5 cm³/mol. The highest BCUT2D eigenvalue weighted by Crippen LogP contribution is 2.22. The van der Waals surface area contributed by atoms with Gasteiger partial charge in [-0.2, -0.15) is 0 Å². The Kier molecular flexibility index (Phi) is 7.50. The first kappa shape index (κ1) is 17.8. The van der Waals surface area contributed by atoms with Gasteiger partial charge in [0.2, 0.25) is 5.91 Å². The summed E-state index contributed by atoms with van der Waals surface area (Å²) in [6.45, 7) is 5.75. The number of anilines is 2. The van der Waals surface area contributed by atoms with Crippen LogP contribution in [0.4, 0.5) is 11.4 Å². The minimum atomic E-state index is -0.0846. The Hall–Kier alpha value is -1.30. The van der Waals surface area contributed by atoms with Crippen LogP contribution >= 0.6 is 11.6 Å². The highest BCUT2D eigenvalue weighted by atomic mass is 35.5. The number of nitrogens with two attached hydrogens (primary N) is 1. The molecule has 0 aromatic heterocycles. The molecule has 21 heavy (non-hydrogen) atoms. The predicted octanol–water partition coefficient (Wildman–Crippen LogP) is 2.34. The number of benzene rings is 1. The molecule has 0 saturated carbocycles. The first-order valence-corrected chi connectivity index (χ1v) is 7.51. The average Bonchev–Trinajstić information content (AvgIpc) is 2.41. The highest BCUT2D eigenvalue weighted by molar-refractivity contribution is 6.31. The van der Waals surface area contributed by atoms with Crippen LogP contribution in [0, 0.1) is 0 Å². The number of aliphatic hydroxyl groups excluding tert-OH is 1. The summed E-state index contributed by atoms with van der Waals surface area (Å²) in [6.07, 6.45) is 1.09. The van der Waals surface area contributed by atoms with Crippen molar-refractivity contribution < 1.29 is 9.90 Å². The Morgan fingerprint density at radius 2 is 2.14 bits per heavy atom. The van der Waals surface area contributed by atoms with Crippen molar-refractivity contribution in [3.05, 3.63) is 23.2 Å². The van der Waals surface area contributed by atoms with Crippen molar-refractivity contribution in [1.29, 1.82) is 0 Å². The van der Waals surface area contributed by atoms with Crippen LogP contribution < -0.4 is 11.1 Å². The van der Waals surface area contributed by atoms with E-state index < -0.39 is 0 Å². The van der Waals surface area contributed by atoms with E-state index in [0.29, 0.717) is 41.8 Å². The van der Waals surface area contributed by atoms with Crippen molar-refractivity contribution in [3.63, 3.8) is 0 Å². The van der Waals surface area contributed by atoms with Crippen molar-refractivity contribution in [3.8, 4) is 0 Å². The molecule has 0 radical (unpaired) electrons. The van der Waals surface area contributed by atoms with Gasteiger partial charge in [-0.05, 0) is 38.5 Å². The van der Waals surface area contributed by atoms with E-state index in [2.05, 4.69) is 24.1 Å². The van der Waals surface area contributed by atoms with Crippen LogP contribution in [-0.4, -0.2) is 41.7 Å². The number of aliphatic hydroxyl groups is 1. The zero-order valence-electron chi connectivity index (χ0n) is 12.6. The lowest BCUT2D eigenvalue weighted by molar-refractivity contribution is -0.116. The van der Waals surface area contributed by atoms with Gasteiger partial charge in [-0.15, -0.1) is 0 Å². The molecule has 0 unspecified atom stereocenters. The van der Waals surface area contributed by atoms with Crippen LogP contribution in [0.2, 0.25) is 5.02 Å². The van der Waals surface area contributed by atoms with Crippen LogP contribution in [-0.2, 0) is 4.79 Å². The third-order valence-electron chi connectivity index (χ3n) is 3.25. The molecule has 118 valence electrons. The Labute approximate surface area is 131 Å². The number of nitrogen functional groups attached to an aromatic ring is 1. The van der Waals surface area contributed by atoms with Gasteiger partial charge in [0.25, 0.3) is 0 Å². The van der Waals surface area contributed by atoms with Crippen LogP contribution in [0.1, 0.15) is 26.7 Å². The van der Waals surface area contributed by atoms with Crippen molar-refractivity contribution in [2.45, 2.75) is 32.7 Å². The smallest absolute Gasteiger partial charge is 0.225 e. The molecule has 5 nitrogen and oxygen atoms in total. The van der Waals surface area contributed by atoms with Crippen LogP contribution in [0.25, 0.3) is 0 Å². The largest absolute Gasteiger partial charge is 0.397 e.